The molecule has 0 aliphatic heterocycles. The minimum absolute atomic E-state index is 0.178. The van der Waals surface area contributed by atoms with E-state index >= 15 is 0 Å². The van der Waals surface area contributed by atoms with E-state index in [4.69, 9.17) is 4.74 Å². The summed E-state index contributed by atoms with van der Waals surface area (Å²) in [5.74, 6) is 0. The molecule has 0 saturated carbocycles. The Kier molecular flexibility index (Phi) is 5.73. The van der Waals surface area contributed by atoms with Crippen molar-refractivity contribution >= 4 is 31.9 Å². The minimum Gasteiger partial charge on any atom is -0.366 e. The van der Waals surface area contributed by atoms with Gasteiger partial charge in [-0.15, -0.1) is 0 Å². The summed E-state index contributed by atoms with van der Waals surface area (Å²) in [5.41, 5.74) is 0. The van der Waals surface area contributed by atoms with Crippen molar-refractivity contribution < 1.29 is 4.74 Å². The molecular formula is C4H8Br2O. The van der Waals surface area contributed by atoms with Crippen LogP contribution in [-0.4, -0.2) is 17.0 Å². The van der Waals surface area contributed by atoms with E-state index in [9.17, 15) is 0 Å². The van der Waals surface area contributed by atoms with Crippen molar-refractivity contribution in [3.8, 4) is 0 Å². The van der Waals surface area contributed by atoms with Crippen molar-refractivity contribution in [2.24, 2.45) is 0 Å². The molecule has 0 aliphatic carbocycles. The third-order valence-corrected chi connectivity index (χ3v) is 2.51. The Hall–Kier alpha value is 0.920. The van der Waals surface area contributed by atoms with Crippen molar-refractivity contribution in [3.05, 3.63) is 0 Å². The number of halogens is 2. The molecule has 0 N–H and O–H groups in total. The van der Waals surface area contributed by atoms with E-state index in [1.807, 2.05) is 6.92 Å². The number of rotatable bonds is 3. The zero-order valence-electron chi connectivity index (χ0n) is 4.16. The lowest BCUT2D eigenvalue weighted by Crippen LogP contribution is -2.03. The lowest BCUT2D eigenvalue weighted by molar-refractivity contribution is 0.145. The van der Waals surface area contributed by atoms with E-state index in [2.05, 4.69) is 31.9 Å². The Balaban J connectivity index is 2.83. The maximum atomic E-state index is 5.06. The van der Waals surface area contributed by atoms with Gasteiger partial charge in [0.05, 0.1) is 0 Å². The molecule has 3 heteroatoms. The summed E-state index contributed by atoms with van der Waals surface area (Å²) in [7, 11) is 0. The van der Waals surface area contributed by atoms with Crippen LogP contribution in [0.5, 0.6) is 0 Å². The number of hydrogen-bond donors (Lipinski definition) is 0. The first-order valence-electron chi connectivity index (χ1n) is 2.13. The van der Waals surface area contributed by atoms with E-state index in [-0.39, 0.29) is 5.01 Å². The van der Waals surface area contributed by atoms with Crippen LogP contribution in [0, 0.1) is 0 Å². The molecule has 0 heterocycles. The molecule has 0 aromatic rings. The molecule has 7 heavy (non-hydrogen) atoms. The summed E-state index contributed by atoms with van der Waals surface area (Å²) >= 11 is 6.51. The first-order chi connectivity index (χ1) is 3.31. The van der Waals surface area contributed by atoms with Gasteiger partial charge in [-0.3, -0.25) is 0 Å². The van der Waals surface area contributed by atoms with Gasteiger partial charge in [0, 0.05) is 11.9 Å². The maximum Gasteiger partial charge on any atom is 0.122 e. The second-order valence-corrected chi connectivity index (χ2v) is 2.69. The average Bonchev–Trinajstić information content (AvgIpc) is 1.68. The van der Waals surface area contributed by atoms with Crippen molar-refractivity contribution in [1.82, 2.24) is 0 Å². The Morgan fingerprint density at radius 1 is 1.71 bits per heavy atom. The second kappa shape index (κ2) is 5.06. The first kappa shape index (κ1) is 7.92. The molecule has 1 atom stereocenters. The molecule has 0 radical (unpaired) electrons. The van der Waals surface area contributed by atoms with Crippen LogP contribution in [0.3, 0.4) is 0 Å². The predicted octanol–water partition coefficient (Wildman–Crippen LogP) is 2.14. The first-order valence-corrected chi connectivity index (χ1v) is 4.16. The Labute approximate surface area is 60.7 Å². The summed E-state index contributed by atoms with van der Waals surface area (Å²) in [6.07, 6.45) is 0. The molecule has 0 unspecified atom stereocenters. The van der Waals surface area contributed by atoms with Gasteiger partial charge in [0.25, 0.3) is 0 Å². The quantitative estimate of drug-likeness (QED) is 0.677. The third kappa shape index (κ3) is 4.78. The van der Waals surface area contributed by atoms with Crippen LogP contribution in [0.1, 0.15) is 6.92 Å². The molecule has 0 amide bonds. The Morgan fingerprint density at radius 2 is 2.29 bits per heavy atom. The zero-order chi connectivity index (χ0) is 5.70. The molecule has 0 aromatic heterocycles. The second-order valence-electron chi connectivity index (χ2n) is 1.02. The van der Waals surface area contributed by atoms with Crippen LogP contribution in [0.4, 0.5) is 0 Å². The largest absolute Gasteiger partial charge is 0.366 e. The smallest absolute Gasteiger partial charge is 0.122 e. The van der Waals surface area contributed by atoms with Gasteiger partial charge in [0.2, 0.25) is 0 Å². The van der Waals surface area contributed by atoms with E-state index in [0.29, 0.717) is 0 Å². The normalized spacial score (nSPS) is 14.1. The van der Waals surface area contributed by atoms with Gasteiger partial charge in [-0.2, -0.15) is 0 Å². The summed E-state index contributed by atoms with van der Waals surface area (Å²) in [6.45, 7) is 2.73. The highest BCUT2D eigenvalue weighted by Gasteiger charge is 1.95. The highest BCUT2D eigenvalue weighted by Crippen LogP contribution is 2.03. The molecule has 1 nitrogen and oxygen atoms in total. The van der Waals surface area contributed by atoms with Crippen molar-refractivity contribution in [3.63, 3.8) is 0 Å². The van der Waals surface area contributed by atoms with Crippen molar-refractivity contribution in [1.29, 1.82) is 0 Å². The third-order valence-electron chi connectivity index (χ3n) is 0.469. The maximum absolute atomic E-state index is 5.06. The van der Waals surface area contributed by atoms with Gasteiger partial charge in [0.1, 0.15) is 5.01 Å². The van der Waals surface area contributed by atoms with Crippen molar-refractivity contribution in [2.75, 3.05) is 11.9 Å². The number of hydrogen-bond acceptors (Lipinski definition) is 1. The molecule has 0 spiro atoms. The molecule has 0 aromatic carbocycles. The standard InChI is InChI=1S/C4H8Br2O/c1-2-7-4(6)3-5/h4H,2-3H2,1H3/t4-/m0/s1. The van der Waals surface area contributed by atoms with Gasteiger partial charge in [-0.05, 0) is 6.92 Å². The van der Waals surface area contributed by atoms with Crippen molar-refractivity contribution in [2.45, 2.75) is 11.9 Å². The Bertz CT molecular complexity index is 40.7. The van der Waals surface area contributed by atoms with Crippen LogP contribution < -0.4 is 0 Å². The fourth-order valence-electron chi connectivity index (χ4n) is 0.225. The summed E-state index contributed by atoms with van der Waals surface area (Å²) in [4.78, 5) is 0. The van der Waals surface area contributed by atoms with Crippen LogP contribution in [-0.2, 0) is 4.74 Å². The van der Waals surface area contributed by atoms with Gasteiger partial charge >= 0.3 is 0 Å². The van der Waals surface area contributed by atoms with Gasteiger partial charge in [-0.1, -0.05) is 31.9 Å². The van der Waals surface area contributed by atoms with Gasteiger partial charge < -0.3 is 4.74 Å². The topological polar surface area (TPSA) is 9.23 Å². The molecule has 0 fully saturated rings. The molecule has 0 bridgehead atoms. The molecular weight excluding hydrogens is 224 g/mol. The van der Waals surface area contributed by atoms with E-state index < -0.39 is 0 Å². The predicted molar refractivity (Wildman–Crippen MR) is 38.1 cm³/mol. The zero-order valence-corrected chi connectivity index (χ0v) is 7.33. The van der Waals surface area contributed by atoms with Crippen LogP contribution >= 0.6 is 31.9 Å². The molecule has 0 saturated heterocycles. The summed E-state index contributed by atoms with van der Waals surface area (Å²) in [6, 6.07) is 0. The summed E-state index contributed by atoms with van der Waals surface area (Å²) in [5, 5.41) is 1.03. The highest BCUT2D eigenvalue weighted by atomic mass is 79.9. The Morgan fingerprint density at radius 3 is 2.43 bits per heavy atom. The minimum atomic E-state index is 0.178. The number of ether oxygens (including phenoxy) is 1. The van der Waals surface area contributed by atoms with E-state index in [0.717, 1.165) is 11.9 Å². The SMILES string of the molecule is CCO[C@H](Br)CBr. The van der Waals surface area contributed by atoms with Crippen LogP contribution in [0.25, 0.3) is 0 Å². The fourth-order valence-corrected chi connectivity index (χ4v) is 0.677. The fraction of sp³-hybridized carbons (Fsp3) is 1.00. The molecule has 44 valence electrons. The lowest BCUT2D eigenvalue weighted by Gasteiger charge is -2.02. The highest BCUT2D eigenvalue weighted by molar-refractivity contribution is 9.12. The van der Waals surface area contributed by atoms with E-state index in [1.165, 1.54) is 0 Å². The lowest BCUT2D eigenvalue weighted by atomic mass is 10.8. The van der Waals surface area contributed by atoms with Gasteiger partial charge in [0.15, 0.2) is 0 Å². The average molecular weight is 232 g/mol. The monoisotopic (exact) mass is 230 g/mol. The summed E-state index contributed by atoms with van der Waals surface area (Å²) < 4.78 is 5.06. The van der Waals surface area contributed by atoms with E-state index in [1.54, 1.807) is 0 Å². The number of alkyl halides is 2. The van der Waals surface area contributed by atoms with Crippen LogP contribution in [0.15, 0.2) is 0 Å². The van der Waals surface area contributed by atoms with Crippen LogP contribution in [0.2, 0.25) is 0 Å². The molecule has 0 rings (SSSR count). The van der Waals surface area contributed by atoms with Gasteiger partial charge in [-0.25, -0.2) is 0 Å². The molecule has 0 aliphatic rings.